The molecular formula is C23H38N4O. The van der Waals surface area contributed by atoms with Crippen molar-refractivity contribution in [3.8, 4) is 0 Å². The summed E-state index contributed by atoms with van der Waals surface area (Å²) in [7, 11) is 0. The van der Waals surface area contributed by atoms with E-state index in [9.17, 15) is 4.79 Å². The lowest BCUT2D eigenvalue weighted by molar-refractivity contribution is -0.122. The highest BCUT2D eigenvalue weighted by atomic mass is 16.2. The minimum Gasteiger partial charge on any atom is -0.398 e. The van der Waals surface area contributed by atoms with Crippen LogP contribution < -0.4 is 16.4 Å². The molecule has 0 aromatic heterocycles. The van der Waals surface area contributed by atoms with Gasteiger partial charge in [0.25, 0.3) is 0 Å². The predicted molar refractivity (Wildman–Crippen MR) is 118 cm³/mol. The van der Waals surface area contributed by atoms with Gasteiger partial charge in [-0.05, 0) is 88.0 Å². The van der Waals surface area contributed by atoms with Crippen LogP contribution in [0.5, 0.6) is 0 Å². The molecule has 5 nitrogen and oxygen atoms in total. The van der Waals surface area contributed by atoms with Crippen molar-refractivity contribution in [2.24, 2.45) is 5.92 Å². The van der Waals surface area contributed by atoms with Gasteiger partial charge < -0.3 is 21.3 Å². The molecule has 1 aromatic rings. The van der Waals surface area contributed by atoms with E-state index in [-0.39, 0.29) is 11.9 Å². The summed E-state index contributed by atoms with van der Waals surface area (Å²) in [5.41, 5.74) is 12.6. The zero-order valence-electron chi connectivity index (χ0n) is 18.3. The van der Waals surface area contributed by atoms with Gasteiger partial charge >= 0.3 is 0 Å². The molecule has 0 spiro atoms. The number of likely N-dealkylation sites (tertiary alicyclic amines) is 1. The van der Waals surface area contributed by atoms with Crippen molar-refractivity contribution >= 4 is 17.3 Å². The number of carbonyl (C=O) groups is 1. The fourth-order valence-corrected chi connectivity index (χ4v) is 4.31. The average molecular weight is 387 g/mol. The van der Waals surface area contributed by atoms with Crippen molar-refractivity contribution in [3.05, 3.63) is 22.3 Å². The van der Waals surface area contributed by atoms with Crippen molar-refractivity contribution < 1.29 is 4.79 Å². The molecule has 0 radical (unpaired) electrons. The molecule has 0 bridgehead atoms. The topological polar surface area (TPSA) is 70.4 Å². The predicted octanol–water partition coefficient (Wildman–Crippen LogP) is 3.68. The van der Waals surface area contributed by atoms with Gasteiger partial charge in [0.2, 0.25) is 5.91 Å². The quantitative estimate of drug-likeness (QED) is 0.625. The lowest BCUT2D eigenvalue weighted by atomic mass is 9.95. The molecule has 1 aromatic carbocycles. The number of hydrogen-bond acceptors (Lipinski definition) is 4. The number of amides is 1. The highest BCUT2D eigenvalue weighted by Gasteiger charge is 2.28. The molecule has 3 rings (SSSR count). The molecule has 28 heavy (non-hydrogen) atoms. The number of nitrogens with zero attached hydrogens (tertiary/aromatic N) is 1. The van der Waals surface area contributed by atoms with Gasteiger partial charge in [0.05, 0.1) is 0 Å². The molecule has 1 saturated heterocycles. The minimum absolute atomic E-state index is 0.120. The van der Waals surface area contributed by atoms with Crippen LogP contribution in [0.25, 0.3) is 0 Å². The Hall–Kier alpha value is -1.75. The second kappa shape index (κ2) is 8.73. The largest absolute Gasteiger partial charge is 0.398 e. The van der Waals surface area contributed by atoms with Crippen molar-refractivity contribution in [3.63, 3.8) is 0 Å². The number of nitrogen functional groups attached to an aromatic ring is 1. The molecule has 1 aliphatic heterocycles. The summed E-state index contributed by atoms with van der Waals surface area (Å²) in [5, 5.41) is 6.83. The maximum atomic E-state index is 13.0. The molecule has 2 aliphatic rings. The van der Waals surface area contributed by atoms with Gasteiger partial charge in [0, 0.05) is 37.1 Å². The van der Waals surface area contributed by atoms with Crippen molar-refractivity contribution in [1.82, 2.24) is 10.2 Å². The maximum absolute atomic E-state index is 13.0. The molecule has 1 saturated carbocycles. The van der Waals surface area contributed by atoms with Gasteiger partial charge in [-0.2, -0.15) is 0 Å². The minimum atomic E-state index is -0.218. The Morgan fingerprint density at radius 2 is 1.61 bits per heavy atom. The van der Waals surface area contributed by atoms with Gasteiger partial charge in [0.15, 0.2) is 0 Å². The smallest absolute Gasteiger partial charge is 0.242 e. The molecule has 1 heterocycles. The number of nitrogens with two attached hydrogens (primary N) is 1. The summed E-state index contributed by atoms with van der Waals surface area (Å²) >= 11 is 0. The summed E-state index contributed by atoms with van der Waals surface area (Å²) in [6.07, 6.45) is 5.70. The Bertz CT molecular complexity index is 689. The fraction of sp³-hybridized carbons (Fsp3) is 0.696. The van der Waals surface area contributed by atoms with Gasteiger partial charge in [-0.15, -0.1) is 0 Å². The van der Waals surface area contributed by atoms with E-state index in [4.69, 9.17) is 5.73 Å². The van der Waals surface area contributed by atoms with Crippen LogP contribution in [-0.4, -0.2) is 42.5 Å². The monoisotopic (exact) mass is 386 g/mol. The second-order valence-electron chi connectivity index (χ2n) is 8.92. The van der Waals surface area contributed by atoms with Crippen LogP contribution in [0.1, 0.15) is 61.3 Å². The number of rotatable bonds is 7. The lowest BCUT2D eigenvalue weighted by Crippen LogP contribution is -2.49. The third-order valence-electron chi connectivity index (χ3n) is 6.87. The number of benzene rings is 1. The van der Waals surface area contributed by atoms with Crippen LogP contribution in [0.3, 0.4) is 0 Å². The molecule has 1 amide bonds. The second-order valence-corrected chi connectivity index (χ2v) is 8.92. The molecule has 1 unspecified atom stereocenters. The first-order valence-corrected chi connectivity index (χ1v) is 11.0. The van der Waals surface area contributed by atoms with Crippen LogP contribution >= 0.6 is 0 Å². The number of anilines is 2. The normalized spacial score (nSPS) is 19.5. The summed E-state index contributed by atoms with van der Waals surface area (Å²) in [4.78, 5) is 15.5. The Labute approximate surface area is 170 Å². The number of carbonyl (C=O) groups excluding carboxylic acids is 1. The SMILES string of the molecule is CCC(Nc1c(C)c(C)c(N)c(C)c1C)C(=O)NC1CCN(CC2CC2)CC1. The number of nitrogens with one attached hydrogen (secondary N) is 2. The highest BCUT2D eigenvalue weighted by molar-refractivity contribution is 5.86. The standard InChI is InChI=1S/C23H38N4O/c1-6-20(26-22-16(4)14(2)21(24)15(3)17(22)5)23(28)25-19-9-11-27(12-10-19)13-18-7-8-18/h18-20,26H,6-13,24H2,1-5H3,(H,25,28). The van der Waals surface area contributed by atoms with Crippen molar-refractivity contribution in [2.75, 3.05) is 30.7 Å². The van der Waals surface area contributed by atoms with Crippen molar-refractivity contribution in [1.29, 1.82) is 0 Å². The van der Waals surface area contributed by atoms with E-state index >= 15 is 0 Å². The van der Waals surface area contributed by atoms with Crippen LogP contribution in [0.15, 0.2) is 0 Å². The van der Waals surface area contributed by atoms with Crippen LogP contribution in [0.4, 0.5) is 11.4 Å². The van der Waals surface area contributed by atoms with Crippen LogP contribution in [0.2, 0.25) is 0 Å². The van der Waals surface area contributed by atoms with Crippen LogP contribution in [-0.2, 0) is 4.79 Å². The van der Waals surface area contributed by atoms with Gasteiger partial charge in [-0.1, -0.05) is 6.92 Å². The first-order chi connectivity index (χ1) is 13.3. The molecular weight excluding hydrogens is 348 g/mol. The third kappa shape index (κ3) is 4.62. The van der Waals surface area contributed by atoms with Crippen molar-refractivity contribution in [2.45, 2.75) is 78.8 Å². The zero-order chi connectivity index (χ0) is 20.4. The zero-order valence-corrected chi connectivity index (χ0v) is 18.3. The Morgan fingerprint density at radius 3 is 2.11 bits per heavy atom. The van der Waals surface area contributed by atoms with E-state index in [1.807, 2.05) is 0 Å². The molecule has 1 aliphatic carbocycles. The van der Waals surface area contributed by atoms with E-state index in [0.717, 1.165) is 71.9 Å². The van der Waals surface area contributed by atoms with Gasteiger partial charge in [-0.3, -0.25) is 4.79 Å². The molecule has 156 valence electrons. The summed E-state index contributed by atoms with van der Waals surface area (Å²) in [6.45, 7) is 13.8. The average Bonchev–Trinajstić information content (AvgIpc) is 3.50. The molecule has 2 fully saturated rings. The van der Waals surface area contributed by atoms with Crippen LogP contribution in [0, 0.1) is 33.6 Å². The Morgan fingerprint density at radius 1 is 1.04 bits per heavy atom. The van der Waals surface area contributed by atoms with Gasteiger partial charge in [0.1, 0.15) is 6.04 Å². The Balaban J connectivity index is 1.60. The first-order valence-electron chi connectivity index (χ1n) is 11.0. The summed E-state index contributed by atoms with van der Waals surface area (Å²) < 4.78 is 0. The van der Waals surface area contributed by atoms with E-state index in [0.29, 0.717) is 6.04 Å². The summed E-state index contributed by atoms with van der Waals surface area (Å²) in [5.74, 6) is 1.06. The summed E-state index contributed by atoms with van der Waals surface area (Å²) in [6, 6.07) is 0.0835. The van der Waals surface area contributed by atoms with E-state index in [1.54, 1.807) is 0 Å². The van der Waals surface area contributed by atoms with E-state index < -0.39 is 0 Å². The van der Waals surface area contributed by atoms with E-state index in [1.165, 1.54) is 19.4 Å². The van der Waals surface area contributed by atoms with E-state index in [2.05, 4.69) is 50.2 Å². The van der Waals surface area contributed by atoms with Gasteiger partial charge in [-0.25, -0.2) is 0 Å². The molecule has 1 atom stereocenters. The number of piperidine rings is 1. The molecule has 4 N–H and O–H groups in total. The molecule has 5 heteroatoms. The lowest BCUT2D eigenvalue weighted by Gasteiger charge is -2.33. The Kier molecular flexibility index (Phi) is 6.54. The fourth-order valence-electron chi connectivity index (χ4n) is 4.31. The third-order valence-corrected chi connectivity index (χ3v) is 6.87. The first kappa shape index (κ1) is 21.0. The highest BCUT2D eigenvalue weighted by Crippen LogP contribution is 2.33. The number of hydrogen-bond donors (Lipinski definition) is 3. The maximum Gasteiger partial charge on any atom is 0.242 e.